The largest absolute Gasteiger partial charge is 0.478 e. The number of carboxylic acid groups (broad SMARTS) is 1. The molecule has 2 N–H and O–H groups in total. The van der Waals surface area contributed by atoms with Crippen molar-refractivity contribution < 1.29 is 23.8 Å². The summed E-state index contributed by atoms with van der Waals surface area (Å²) < 4.78 is 18.7. The molecule has 142 valence electrons. The van der Waals surface area contributed by atoms with Crippen molar-refractivity contribution in [1.29, 1.82) is 0 Å². The third-order valence-corrected chi connectivity index (χ3v) is 4.99. The number of amides is 1. The Morgan fingerprint density at radius 3 is 2.41 bits per heavy atom. The first-order chi connectivity index (χ1) is 13.0. The molecule has 27 heavy (non-hydrogen) atoms. The molecule has 1 aliphatic rings. The van der Waals surface area contributed by atoms with Crippen LogP contribution in [0.5, 0.6) is 0 Å². The normalized spacial score (nSPS) is 15.9. The number of benzene rings is 2. The highest BCUT2D eigenvalue weighted by molar-refractivity contribution is 5.89. The highest BCUT2D eigenvalue weighted by Gasteiger charge is 2.35. The van der Waals surface area contributed by atoms with Crippen LogP contribution in [0.4, 0.5) is 4.39 Å². The molecule has 1 heterocycles. The van der Waals surface area contributed by atoms with Gasteiger partial charge >= 0.3 is 5.97 Å². The Morgan fingerprint density at radius 1 is 1.07 bits per heavy atom. The zero-order valence-electron chi connectivity index (χ0n) is 14.9. The smallest absolute Gasteiger partial charge is 0.335 e. The molecule has 0 aromatic heterocycles. The molecule has 0 radical (unpaired) electrons. The number of carbonyl (C=O) groups excluding carboxylic acids is 1. The fourth-order valence-electron chi connectivity index (χ4n) is 3.50. The average Bonchev–Trinajstić information content (AvgIpc) is 2.67. The van der Waals surface area contributed by atoms with Crippen molar-refractivity contribution in [3.8, 4) is 0 Å². The Balaban J connectivity index is 1.72. The Bertz CT molecular complexity index is 813. The van der Waals surface area contributed by atoms with Crippen LogP contribution in [0, 0.1) is 5.82 Å². The molecule has 2 aromatic carbocycles. The van der Waals surface area contributed by atoms with Gasteiger partial charge in [-0.25, -0.2) is 9.18 Å². The number of halogens is 1. The number of aromatic carboxylic acids is 1. The van der Waals surface area contributed by atoms with Crippen LogP contribution in [0.15, 0.2) is 48.5 Å². The minimum absolute atomic E-state index is 0.165. The Morgan fingerprint density at radius 2 is 1.74 bits per heavy atom. The van der Waals surface area contributed by atoms with Crippen molar-refractivity contribution in [2.24, 2.45) is 0 Å². The van der Waals surface area contributed by atoms with Crippen molar-refractivity contribution in [2.75, 3.05) is 13.2 Å². The number of carbonyl (C=O) groups is 2. The lowest BCUT2D eigenvalue weighted by molar-refractivity contribution is -0.124. The standard InChI is InChI=1S/C21H22FNO4/c22-17-8-6-16(7-9-17)21(11-13-27-14-12-21)23-19(24)10-5-15-3-1-2-4-18(15)20(25)26/h1-4,6-9H,5,10-14H2,(H,23,24)(H,25,26). The lowest BCUT2D eigenvalue weighted by atomic mass is 9.82. The first-order valence-electron chi connectivity index (χ1n) is 8.96. The van der Waals surface area contributed by atoms with Gasteiger partial charge in [0, 0.05) is 19.6 Å². The van der Waals surface area contributed by atoms with E-state index in [-0.39, 0.29) is 23.7 Å². The quantitative estimate of drug-likeness (QED) is 0.817. The molecule has 0 bridgehead atoms. The molecule has 6 heteroatoms. The maximum Gasteiger partial charge on any atom is 0.335 e. The van der Waals surface area contributed by atoms with E-state index in [0.29, 0.717) is 38.0 Å². The van der Waals surface area contributed by atoms with E-state index in [1.165, 1.54) is 18.2 Å². The number of aryl methyl sites for hydroxylation is 1. The van der Waals surface area contributed by atoms with Gasteiger partial charge in [-0.3, -0.25) is 4.79 Å². The molecular weight excluding hydrogens is 349 g/mol. The van der Waals surface area contributed by atoms with Crippen LogP contribution < -0.4 is 5.32 Å². The Labute approximate surface area is 157 Å². The van der Waals surface area contributed by atoms with Crippen LogP contribution in [0.3, 0.4) is 0 Å². The fourth-order valence-corrected chi connectivity index (χ4v) is 3.50. The van der Waals surface area contributed by atoms with E-state index in [2.05, 4.69) is 5.32 Å². The van der Waals surface area contributed by atoms with E-state index in [4.69, 9.17) is 4.74 Å². The number of nitrogens with one attached hydrogen (secondary N) is 1. The van der Waals surface area contributed by atoms with Gasteiger partial charge in [0.1, 0.15) is 5.82 Å². The third kappa shape index (κ3) is 4.52. The van der Waals surface area contributed by atoms with E-state index in [1.54, 1.807) is 30.3 Å². The van der Waals surface area contributed by atoms with Gasteiger partial charge in [-0.15, -0.1) is 0 Å². The Kier molecular flexibility index (Phi) is 5.86. The number of rotatable bonds is 6. The minimum Gasteiger partial charge on any atom is -0.478 e. The summed E-state index contributed by atoms with van der Waals surface area (Å²) in [6, 6.07) is 12.9. The van der Waals surface area contributed by atoms with Gasteiger partial charge in [0.2, 0.25) is 5.91 Å². The summed E-state index contributed by atoms with van der Waals surface area (Å²) in [5.41, 5.74) is 1.11. The first kappa shape index (κ1) is 19.0. The average molecular weight is 371 g/mol. The molecule has 5 nitrogen and oxygen atoms in total. The van der Waals surface area contributed by atoms with Crippen LogP contribution in [-0.2, 0) is 21.5 Å². The second-order valence-electron chi connectivity index (χ2n) is 6.71. The van der Waals surface area contributed by atoms with Crippen molar-refractivity contribution in [1.82, 2.24) is 5.32 Å². The maximum atomic E-state index is 13.3. The summed E-state index contributed by atoms with van der Waals surface area (Å²) in [5.74, 6) is -1.49. The highest BCUT2D eigenvalue weighted by Crippen LogP contribution is 2.32. The van der Waals surface area contributed by atoms with Crippen LogP contribution in [0.1, 0.15) is 40.7 Å². The second kappa shape index (κ2) is 8.31. The van der Waals surface area contributed by atoms with E-state index >= 15 is 0 Å². The monoisotopic (exact) mass is 371 g/mol. The molecule has 0 spiro atoms. The van der Waals surface area contributed by atoms with Crippen molar-refractivity contribution >= 4 is 11.9 Å². The second-order valence-corrected chi connectivity index (χ2v) is 6.71. The van der Waals surface area contributed by atoms with Crippen molar-refractivity contribution in [2.45, 2.75) is 31.2 Å². The van der Waals surface area contributed by atoms with Gasteiger partial charge < -0.3 is 15.2 Å². The minimum atomic E-state index is -1.00. The summed E-state index contributed by atoms with van der Waals surface area (Å²) in [5, 5.41) is 12.4. The van der Waals surface area contributed by atoms with Gasteiger partial charge in [0.15, 0.2) is 0 Å². The molecular formula is C21H22FNO4. The number of carboxylic acids is 1. The van der Waals surface area contributed by atoms with Crippen LogP contribution >= 0.6 is 0 Å². The topological polar surface area (TPSA) is 75.6 Å². The van der Waals surface area contributed by atoms with E-state index in [1.807, 2.05) is 0 Å². The van der Waals surface area contributed by atoms with Gasteiger partial charge in [-0.1, -0.05) is 30.3 Å². The molecule has 1 saturated heterocycles. The molecule has 1 amide bonds. The fraction of sp³-hybridized carbons (Fsp3) is 0.333. The maximum absolute atomic E-state index is 13.3. The Hall–Kier alpha value is -2.73. The summed E-state index contributed by atoms with van der Waals surface area (Å²) in [4.78, 5) is 23.9. The van der Waals surface area contributed by atoms with Gasteiger partial charge in [0.05, 0.1) is 11.1 Å². The van der Waals surface area contributed by atoms with E-state index in [9.17, 15) is 19.1 Å². The SMILES string of the molecule is O=C(CCc1ccccc1C(=O)O)NC1(c2ccc(F)cc2)CCOCC1. The van der Waals surface area contributed by atoms with Crippen LogP contribution in [0.2, 0.25) is 0 Å². The van der Waals surface area contributed by atoms with Crippen LogP contribution in [0.25, 0.3) is 0 Å². The molecule has 1 aliphatic heterocycles. The molecule has 0 atom stereocenters. The summed E-state index contributed by atoms with van der Waals surface area (Å²) in [7, 11) is 0. The molecule has 3 rings (SSSR count). The summed E-state index contributed by atoms with van der Waals surface area (Å²) >= 11 is 0. The lowest BCUT2D eigenvalue weighted by Crippen LogP contribution is -2.49. The third-order valence-electron chi connectivity index (χ3n) is 4.99. The van der Waals surface area contributed by atoms with Gasteiger partial charge in [-0.2, -0.15) is 0 Å². The summed E-state index contributed by atoms with van der Waals surface area (Å²) in [6.07, 6.45) is 1.73. The number of hydrogen-bond donors (Lipinski definition) is 2. The van der Waals surface area contributed by atoms with Gasteiger partial charge in [-0.05, 0) is 48.6 Å². The number of ether oxygens (including phenoxy) is 1. The lowest BCUT2D eigenvalue weighted by Gasteiger charge is -2.38. The molecule has 0 unspecified atom stereocenters. The van der Waals surface area contributed by atoms with Crippen LogP contribution in [-0.4, -0.2) is 30.2 Å². The predicted octanol–water partition coefficient (Wildman–Crippen LogP) is 3.28. The first-order valence-corrected chi connectivity index (χ1v) is 8.96. The number of hydrogen-bond acceptors (Lipinski definition) is 3. The summed E-state index contributed by atoms with van der Waals surface area (Å²) in [6.45, 7) is 1.03. The molecule has 2 aromatic rings. The molecule has 0 aliphatic carbocycles. The van der Waals surface area contributed by atoms with Crippen molar-refractivity contribution in [3.63, 3.8) is 0 Å². The predicted molar refractivity (Wildman–Crippen MR) is 98.0 cm³/mol. The molecule has 0 saturated carbocycles. The molecule has 1 fully saturated rings. The highest BCUT2D eigenvalue weighted by atomic mass is 19.1. The zero-order valence-corrected chi connectivity index (χ0v) is 14.9. The van der Waals surface area contributed by atoms with Gasteiger partial charge in [0.25, 0.3) is 0 Å². The zero-order chi connectivity index (χ0) is 19.3. The van der Waals surface area contributed by atoms with Crippen molar-refractivity contribution in [3.05, 3.63) is 71.0 Å². The van der Waals surface area contributed by atoms with E-state index in [0.717, 1.165) is 5.56 Å². The van der Waals surface area contributed by atoms with E-state index < -0.39 is 11.5 Å².